The zero-order valence-corrected chi connectivity index (χ0v) is 15.8. The summed E-state index contributed by atoms with van der Waals surface area (Å²) in [6.45, 7) is 0. The van der Waals surface area contributed by atoms with Gasteiger partial charge in [-0.2, -0.15) is 0 Å². The molecule has 0 aliphatic rings. The van der Waals surface area contributed by atoms with E-state index in [2.05, 4.69) is 0 Å². The summed E-state index contributed by atoms with van der Waals surface area (Å²) in [7, 11) is 1.44. The zero-order valence-electron chi connectivity index (χ0n) is 15.0. The summed E-state index contributed by atoms with van der Waals surface area (Å²) >= 11 is 0. The molecule has 0 radical (unpaired) electrons. The first-order valence-corrected chi connectivity index (χ1v) is 9.51. The van der Waals surface area contributed by atoms with Crippen LogP contribution < -0.4 is 4.31 Å². The Hall–Kier alpha value is -2.86. The Balaban J connectivity index is 2.23. The number of nitrogens with zero attached hydrogens (tertiary/aromatic N) is 2. The van der Waals surface area contributed by atoms with Crippen LogP contribution in [0.15, 0.2) is 72.3 Å². The van der Waals surface area contributed by atoms with Crippen molar-refractivity contribution in [1.82, 2.24) is 4.90 Å². The summed E-state index contributed by atoms with van der Waals surface area (Å²) in [5.74, 6) is -0.189. The molecule has 0 saturated carbocycles. The summed E-state index contributed by atoms with van der Waals surface area (Å²) in [6, 6.07) is 15.7. The minimum absolute atomic E-state index is 0.189. The zero-order chi connectivity index (χ0) is 19.2. The summed E-state index contributed by atoms with van der Waals surface area (Å²) in [6.07, 6.45) is 4.64. The number of hydrogen-bond acceptors (Lipinski definition) is 4. The smallest absolute Gasteiger partial charge is 0.257 e. The van der Waals surface area contributed by atoms with Crippen LogP contribution >= 0.6 is 0 Å². The Morgan fingerprint density at radius 2 is 1.65 bits per heavy atom. The number of allylic oxidation sites excluding steroid dienone is 1. The quantitative estimate of drug-likeness (QED) is 0.554. The Kier molecular flexibility index (Phi) is 6.36. The van der Waals surface area contributed by atoms with Gasteiger partial charge in [0.15, 0.2) is 5.78 Å². The van der Waals surface area contributed by atoms with Gasteiger partial charge in [0.1, 0.15) is 0 Å². The normalized spacial score (nSPS) is 11.8. The topological polar surface area (TPSA) is 57.7 Å². The van der Waals surface area contributed by atoms with Crippen molar-refractivity contribution in [3.05, 3.63) is 83.4 Å². The van der Waals surface area contributed by atoms with Crippen molar-refractivity contribution >= 4 is 27.6 Å². The summed E-state index contributed by atoms with van der Waals surface area (Å²) in [5, 5.41) is 1.16. The Morgan fingerprint density at radius 1 is 0.962 bits per heavy atom. The molecule has 6 heteroatoms. The molecule has 2 aromatic carbocycles. The molecular formula is C20H22N2O3S. The largest absolute Gasteiger partial charge is 0.383 e. The van der Waals surface area contributed by atoms with Crippen molar-refractivity contribution in [2.75, 3.05) is 25.4 Å². The molecule has 2 rings (SSSR count). The van der Waals surface area contributed by atoms with E-state index in [1.807, 2.05) is 44.4 Å². The molecule has 0 bridgehead atoms. The van der Waals surface area contributed by atoms with Crippen LogP contribution in [0.3, 0.4) is 0 Å². The average Bonchev–Trinajstić information content (AvgIpc) is 2.64. The Morgan fingerprint density at radius 3 is 2.31 bits per heavy atom. The SMILES string of the molecule is CN(C)/C=C/C(=O)c1cccc(N(C)S(=O)(=O)/C=C/c2ccccc2)c1. The predicted molar refractivity (Wildman–Crippen MR) is 106 cm³/mol. The molecule has 0 saturated heterocycles. The van der Waals surface area contributed by atoms with Gasteiger partial charge in [0.25, 0.3) is 10.0 Å². The Labute approximate surface area is 154 Å². The predicted octanol–water partition coefficient (Wildman–Crippen LogP) is 3.38. The van der Waals surface area contributed by atoms with Crippen LogP contribution in [0.5, 0.6) is 0 Å². The van der Waals surface area contributed by atoms with Gasteiger partial charge in [-0.25, -0.2) is 8.42 Å². The highest BCUT2D eigenvalue weighted by molar-refractivity contribution is 7.95. The van der Waals surface area contributed by atoms with Crippen LogP contribution in [0.25, 0.3) is 6.08 Å². The van der Waals surface area contributed by atoms with Crippen molar-refractivity contribution in [2.45, 2.75) is 0 Å². The molecule has 0 aliphatic carbocycles. The molecule has 0 fully saturated rings. The number of rotatable bonds is 7. The van der Waals surface area contributed by atoms with Crippen molar-refractivity contribution in [1.29, 1.82) is 0 Å². The van der Waals surface area contributed by atoms with E-state index in [9.17, 15) is 13.2 Å². The molecule has 0 unspecified atom stereocenters. The number of carbonyl (C=O) groups excluding carboxylic acids is 1. The molecule has 0 spiro atoms. The lowest BCUT2D eigenvalue weighted by Crippen LogP contribution is -2.24. The van der Waals surface area contributed by atoms with Crippen LogP contribution in [-0.4, -0.2) is 40.2 Å². The van der Waals surface area contributed by atoms with E-state index in [-0.39, 0.29) is 5.78 Å². The van der Waals surface area contributed by atoms with Gasteiger partial charge >= 0.3 is 0 Å². The molecule has 0 amide bonds. The molecule has 136 valence electrons. The van der Waals surface area contributed by atoms with E-state index >= 15 is 0 Å². The second-order valence-electron chi connectivity index (χ2n) is 5.92. The summed E-state index contributed by atoms with van der Waals surface area (Å²) in [4.78, 5) is 13.9. The van der Waals surface area contributed by atoms with Crippen molar-refractivity contribution in [3.63, 3.8) is 0 Å². The van der Waals surface area contributed by atoms with Gasteiger partial charge in [0.2, 0.25) is 0 Å². The third kappa shape index (κ3) is 5.32. The minimum atomic E-state index is -3.66. The van der Waals surface area contributed by atoms with Gasteiger partial charge in [-0.1, -0.05) is 42.5 Å². The third-order valence-electron chi connectivity index (χ3n) is 3.63. The fraction of sp³-hybridized carbons (Fsp3) is 0.150. The van der Waals surface area contributed by atoms with E-state index in [1.165, 1.54) is 13.1 Å². The lowest BCUT2D eigenvalue weighted by atomic mass is 10.1. The molecule has 5 nitrogen and oxygen atoms in total. The standard InChI is InChI=1S/C20H22N2O3S/c1-21(2)14-12-20(23)18-10-7-11-19(16-18)22(3)26(24,25)15-13-17-8-5-4-6-9-17/h4-16H,1-3H3/b14-12+,15-13+. The van der Waals surface area contributed by atoms with Crippen molar-refractivity contribution < 1.29 is 13.2 Å². The van der Waals surface area contributed by atoms with E-state index < -0.39 is 10.0 Å². The number of sulfonamides is 1. The van der Waals surface area contributed by atoms with Gasteiger partial charge in [0, 0.05) is 39.0 Å². The fourth-order valence-electron chi connectivity index (χ4n) is 2.13. The first-order valence-electron chi connectivity index (χ1n) is 8.01. The highest BCUT2D eigenvalue weighted by Gasteiger charge is 2.16. The number of ketones is 1. The van der Waals surface area contributed by atoms with Crippen molar-refractivity contribution in [3.8, 4) is 0 Å². The van der Waals surface area contributed by atoms with Gasteiger partial charge in [0.05, 0.1) is 11.1 Å². The highest BCUT2D eigenvalue weighted by atomic mass is 32.2. The van der Waals surface area contributed by atoms with Crippen molar-refractivity contribution in [2.24, 2.45) is 0 Å². The van der Waals surface area contributed by atoms with E-state index in [0.717, 1.165) is 15.3 Å². The molecule has 0 atom stereocenters. The third-order valence-corrected chi connectivity index (χ3v) is 5.09. The molecule has 0 aromatic heterocycles. The maximum atomic E-state index is 12.5. The summed E-state index contributed by atoms with van der Waals surface area (Å²) < 4.78 is 26.2. The van der Waals surface area contributed by atoms with E-state index in [1.54, 1.807) is 41.4 Å². The second kappa shape index (κ2) is 8.49. The van der Waals surface area contributed by atoms with E-state index in [0.29, 0.717) is 11.3 Å². The lowest BCUT2D eigenvalue weighted by molar-refractivity contribution is 0.104. The maximum absolute atomic E-state index is 12.5. The second-order valence-corrected chi connectivity index (χ2v) is 7.77. The van der Waals surface area contributed by atoms with Crippen LogP contribution in [0.4, 0.5) is 5.69 Å². The molecule has 0 N–H and O–H groups in total. The monoisotopic (exact) mass is 370 g/mol. The van der Waals surface area contributed by atoms with Gasteiger partial charge < -0.3 is 4.90 Å². The molecular weight excluding hydrogens is 348 g/mol. The first kappa shape index (κ1) is 19.5. The number of hydrogen-bond donors (Lipinski definition) is 0. The fourth-order valence-corrected chi connectivity index (χ4v) is 3.05. The van der Waals surface area contributed by atoms with Gasteiger partial charge in [-0.05, 0) is 23.8 Å². The minimum Gasteiger partial charge on any atom is -0.383 e. The maximum Gasteiger partial charge on any atom is 0.257 e. The Bertz CT molecular complexity index is 917. The van der Waals surface area contributed by atoms with Crippen LogP contribution in [0.2, 0.25) is 0 Å². The average molecular weight is 370 g/mol. The number of carbonyl (C=O) groups is 1. The first-order chi connectivity index (χ1) is 12.3. The van der Waals surface area contributed by atoms with Gasteiger partial charge in [-0.3, -0.25) is 9.10 Å². The van der Waals surface area contributed by atoms with Crippen LogP contribution in [0, 0.1) is 0 Å². The molecule has 0 aliphatic heterocycles. The van der Waals surface area contributed by atoms with Crippen LogP contribution in [-0.2, 0) is 10.0 Å². The van der Waals surface area contributed by atoms with Crippen LogP contribution in [0.1, 0.15) is 15.9 Å². The molecule has 2 aromatic rings. The molecule has 0 heterocycles. The van der Waals surface area contributed by atoms with Gasteiger partial charge in [-0.15, -0.1) is 0 Å². The molecule has 26 heavy (non-hydrogen) atoms. The highest BCUT2D eigenvalue weighted by Crippen LogP contribution is 2.20. The summed E-state index contributed by atoms with van der Waals surface area (Å²) in [5.41, 5.74) is 1.64. The van der Waals surface area contributed by atoms with E-state index in [4.69, 9.17) is 0 Å². The number of benzene rings is 2. The number of anilines is 1. The lowest BCUT2D eigenvalue weighted by Gasteiger charge is -2.17.